The Hall–Kier alpha value is -2.04. The van der Waals surface area contributed by atoms with E-state index in [1.165, 1.54) is 11.3 Å². The van der Waals surface area contributed by atoms with Crippen molar-refractivity contribution in [1.29, 1.82) is 5.41 Å². The number of aliphatic imine (C=N–C) groups is 1. The van der Waals surface area contributed by atoms with Crippen LogP contribution >= 0.6 is 23.4 Å². The van der Waals surface area contributed by atoms with Gasteiger partial charge in [0.15, 0.2) is 0 Å². The molecule has 3 rings (SSSR count). The second-order valence-electron chi connectivity index (χ2n) is 6.16. The topological polar surface area (TPSA) is 39.5 Å². The van der Waals surface area contributed by atoms with Crippen LogP contribution in [0, 0.1) is 12.3 Å². The van der Waals surface area contributed by atoms with Crippen LogP contribution in [0.15, 0.2) is 77.3 Å². The van der Waals surface area contributed by atoms with E-state index in [4.69, 9.17) is 17.0 Å². The van der Waals surface area contributed by atoms with E-state index in [-0.39, 0.29) is 0 Å². The highest BCUT2D eigenvalue weighted by Gasteiger charge is 2.29. The molecule has 0 unspecified atom stereocenters. The fourth-order valence-corrected chi connectivity index (χ4v) is 3.60. The normalized spacial score (nSPS) is 13.6. The molecular weight excluding hydrogens is 434 g/mol. The molecule has 0 atom stereocenters. The Morgan fingerprint density at radius 2 is 1.84 bits per heavy atom. The van der Waals surface area contributed by atoms with Gasteiger partial charge >= 0.3 is 0 Å². The van der Waals surface area contributed by atoms with E-state index < -0.39 is 0 Å². The summed E-state index contributed by atoms with van der Waals surface area (Å²) in [6.07, 6.45) is 7.98. The van der Waals surface area contributed by atoms with Crippen LogP contribution in [0.3, 0.4) is 0 Å². The van der Waals surface area contributed by atoms with E-state index in [1.54, 1.807) is 11.8 Å². The van der Waals surface area contributed by atoms with Gasteiger partial charge in [-0.25, -0.2) is 0 Å². The van der Waals surface area contributed by atoms with Crippen molar-refractivity contribution in [2.75, 3.05) is 19.3 Å². The van der Waals surface area contributed by atoms with Crippen molar-refractivity contribution in [3.63, 3.8) is 0 Å². The number of hydrogen-bond donors (Lipinski definition) is 1. The van der Waals surface area contributed by atoms with Crippen molar-refractivity contribution in [2.24, 2.45) is 4.99 Å². The van der Waals surface area contributed by atoms with Crippen LogP contribution in [0.2, 0.25) is 5.02 Å². The molecule has 5 heteroatoms. The molecule has 0 bridgehead atoms. The number of aryl methyl sites for hydroxylation is 1. The fourth-order valence-electron chi connectivity index (χ4n) is 3.00. The molecule has 1 aromatic carbocycles. The van der Waals surface area contributed by atoms with Crippen molar-refractivity contribution < 1.29 is 0 Å². The third-order valence-electron chi connectivity index (χ3n) is 4.25. The molecule has 1 N–H and O–H groups in total. The third kappa shape index (κ3) is 10.5. The minimum Gasteiger partial charge on any atom is -0.329 e. The van der Waals surface area contributed by atoms with Crippen LogP contribution in [-0.4, -0.2) is 35.8 Å². The molecule has 2 heterocycles. The molecule has 178 valence electrons. The van der Waals surface area contributed by atoms with Crippen LogP contribution in [0.25, 0.3) is 0 Å². The molecule has 0 aliphatic carbocycles. The minimum absolute atomic E-state index is 0.594. The van der Waals surface area contributed by atoms with Crippen molar-refractivity contribution in [2.45, 2.75) is 54.4 Å². The summed E-state index contributed by atoms with van der Waals surface area (Å²) in [5.41, 5.74) is 4.15. The van der Waals surface area contributed by atoms with Crippen molar-refractivity contribution in [1.82, 2.24) is 4.90 Å². The highest BCUT2D eigenvalue weighted by Crippen LogP contribution is 2.32. The number of thioether (sulfide) groups is 1. The van der Waals surface area contributed by atoms with E-state index in [2.05, 4.69) is 29.6 Å². The monoisotopic (exact) mass is 475 g/mol. The molecule has 1 aromatic rings. The number of rotatable bonds is 4. The highest BCUT2D eigenvalue weighted by atomic mass is 35.5. The number of nitrogens with zero attached hydrogens (tertiary/aromatic N) is 2. The third-order valence-corrected chi connectivity index (χ3v) is 5.16. The number of amidine groups is 1. The summed E-state index contributed by atoms with van der Waals surface area (Å²) in [6.45, 7) is 23.6. The van der Waals surface area contributed by atoms with Gasteiger partial charge in [-0.05, 0) is 56.7 Å². The molecule has 0 spiro atoms. The van der Waals surface area contributed by atoms with Crippen LogP contribution in [0.5, 0.6) is 0 Å². The average molecular weight is 476 g/mol. The molecule has 0 aromatic heterocycles. The van der Waals surface area contributed by atoms with Gasteiger partial charge in [-0.3, -0.25) is 4.99 Å². The number of hydrogen-bond acceptors (Lipinski definition) is 4. The van der Waals surface area contributed by atoms with Gasteiger partial charge < -0.3 is 10.3 Å². The maximum absolute atomic E-state index is 8.08. The van der Waals surface area contributed by atoms with Gasteiger partial charge in [0.25, 0.3) is 0 Å². The van der Waals surface area contributed by atoms with Crippen molar-refractivity contribution in [3.05, 3.63) is 82.9 Å². The van der Waals surface area contributed by atoms with Gasteiger partial charge in [0, 0.05) is 27.7 Å². The Morgan fingerprint density at radius 1 is 1.22 bits per heavy atom. The molecule has 0 radical (unpaired) electrons. The Labute approximate surface area is 206 Å². The molecule has 2 aliphatic heterocycles. The summed E-state index contributed by atoms with van der Waals surface area (Å²) in [4.78, 5) is 7.88. The number of fused-ring (bicyclic) bond motifs is 1. The molecule has 32 heavy (non-hydrogen) atoms. The van der Waals surface area contributed by atoms with Crippen LogP contribution in [-0.2, 0) is 0 Å². The lowest BCUT2D eigenvalue weighted by Gasteiger charge is -2.29. The van der Waals surface area contributed by atoms with Gasteiger partial charge in [0.05, 0.1) is 12.3 Å². The highest BCUT2D eigenvalue weighted by molar-refractivity contribution is 8.03. The number of nitrogens with one attached hydrogen (secondary N) is 1. The van der Waals surface area contributed by atoms with Gasteiger partial charge in [-0.2, -0.15) is 0 Å². The van der Waals surface area contributed by atoms with Crippen molar-refractivity contribution >= 4 is 34.9 Å². The van der Waals surface area contributed by atoms with Gasteiger partial charge in [-0.15, -0.1) is 24.9 Å². The summed E-state index contributed by atoms with van der Waals surface area (Å²) in [7, 11) is 0. The van der Waals surface area contributed by atoms with Gasteiger partial charge in [0.1, 0.15) is 5.84 Å². The first-order chi connectivity index (χ1) is 15.5. The second kappa shape index (κ2) is 19.6. The lowest BCUT2D eigenvalue weighted by atomic mass is 10.0. The second-order valence-corrected chi connectivity index (χ2v) is 7.50. The maximum atomic E-state index is 8.08. The van der Waals surface area contributed by atoms with Crippen LogP contribution in [0.4, 0.5) is 0 Å². The van der Waals surface area contributed by atoms with Crippen molar-refractivity contribution in [3.8, 4) is 0 Å². The fraction of sp³-hybridized carbons (Fsp3) is 0.407. The lowest BCUT2D eigenvalue weighted by Crippen LogP contribution is -2.32. The lowest BCUT2D eigenvalue weighted by molar-refractivity contribution is 0.573. The maximum Gasteiger partial charge on any atom is 0.141 e. The predicted molar refractivity (Wildman–Crippen MR) is 151 cm³/mol. The molecule has 1 fully saturated rings. The van der Waals surface area contributed by atoms with E-state index in [9.17, 15) is 0 Å². The van der Waals surface area contributed by atoms with Gasteiger partial charge in [0.2, 0.25) is 0 Å². The number of halogens is 1. The summed E-state index contributed by atoms with van der Waals surface area (Å²) in [5, 5.41) is 8.89. The summed E-state index contributed by atoms with van der Waals surface area (Å²) in [6, 6.07) is 7.76. The average Bonchev–Trinajstić information content (AvgIpc) is 3.32. The molecule has 1 saturated heterocycles. The summed E-state index contributed by atoms with van der Waals surface area (Å²) < 4.78 is 0. The van der Waals surface area contributed by atoms with E-state index in [0.717, 1.165) is 40.7 Å². The van der Waals surface area contributed by atoms with E-state index in [1.807, 2.05) is 84.2 Å². The number of benzene rings is 1. The van der Waals surface area contributed by atoms with E-state index in [0.29, 0.717) is 12.3 Å². The minimum atomic E-state index is 0.594. The zero-order valence-electron chi connectivity index (χ0n) is 21.1. The van der Waals surface area contributed by atoms with Crippen LogP contribution in [0.1, 0.15) is 53.0 Å². The first kappa shape index (κ1) is 32.1. The Bertz CT molecular complexity index is 777. The number of allylic oxidation sites excluding steroid dienone is 3. The Balaban J connectivity index is 0. The van der Waals surface area contributed by atoms with Gasteiger partial charge in [-0.1, -0.05) is 64.1 Å². The summed E-state index contributed by atoms with van der Waals surface area (Å²) >= 11 is 7.29. The SMILES string of the molecule is C=C.C=C(SC)C1=NCC(C(=N)/C=C\C)=C2CCCN12.CC.CC.Cc1cccc(Cl)c1. The zero-order valence-corrected chi connectivity index (χ0v) is 22.7. The quantitative estimate of drug-likeness (QED) is 0.349. The zero-order chi connectivity index (χ0) is 25.1. The summed E-state index contributed by atoms with van der Waals surface area (Å²) in [5.74, 6) is 1.01. The molecule has 0 saturated carbocycles. The first-order valence-electron chi connectivity index (χ1n) is 11.2. The molecular formula is C27H42ClN3S. The molecule has 0 amide bonds. The largest absolute Gasteiger partial charge is 0.329 e. The Morgan fingerprint density at radius 3 is 2.31 bits per heavy atom. The Kier molecular flexibility index (Phi) is 19.7. The smallest absolute Gasteiger partial charge is 0.141 e. The van der Waals surface area contributed by atoms with Crippen LogP contribution < -0.4 is 0 Å². The first-order valence-corrected chi connectivity index (χ1v) is 12.8. The molecule has 2 aliphatic rings. The standard InChI is InChI=1S/C14H19N3S.C7H7Cl.2C2H6.C2H4/c1-4-6-12(15)11-9-16-14(10(2)18-3)17-8-5-7-13(11)17;1-6-3-2-4-7(8)5-6;3*1-2/h4,6,15H,2,5,7-9H2,1,3H3;2-5H,1H3;2*1-2H3;1-2H2/b6-4-,15-12?;;;;. The predicted octanol–water partition coefficient (Wildman–Crippen LogP) is 8.72. The molecule has 3 nitrogen and oxygen atoms in total. The van der Waals surface area contributed by atoms with E-state index >= 15 is 0 Å².